The van der Waals surface area contributed by atoms with Crippen LogP contribution in [0.3, 0.4) is 0 Å². The van der Waals surface area contributed by atoms with Crippen LogP contribution < -0.4 is 0 Å². The van der Waals surface area contributed by atoms with Gasteiger partial charge in [0.25, 0.3) is 0 Å². The summed E-state index contributed by atoms with van der Waals surface area (Å²) in [6, 6.07) is 2.21. The number of rotatable bonds is 3. The lowest BCUT2D eigenvalue weighted by Crippen LogP contribution is -2.08. The first-order valence-corrected chi connectivity index (χ1v) is 5.50. The Balaban J connectivity index is 2.71. The van der Waals surface area contributed by atoms with Crippen LogP contribution in [0.5, 0.6) is 0 Å². The minimum absolute atomic E-state index is 0.0653. The second-order valence-electron chi connectivity index (χ2n) is 4.25. The first kappa shape index (κ1) is 12.0. The van der Waals surface area contributed by atoms with Crippen molar-refractivity contribution in [1.82, 2.24) is 9.55 Å². The Morgan fingerprint density at radius 1 is 1.29 bits per heavy atom. The highest BCUT2D eigenvalue weighted by Crippen LogP contribution is 2.23. The quantitative estimate of drug-likeness (QED) is 0.894. The van der Waals surface area contributed by atoms with Crippen molar-refractivity contribution in [2.24, 2.45) is 0 Å². The second-order valence-corrected chi connectivity index (χ2v) is 4.25. The van der Waals surface area contributed by atoms with Gasteiger partial charge in [0.2, 0.25) is 0 Å². The predicted molar refractivity (Wildman–Crippen MR) is 60.8 cm³/mol. The highest BCUT2D eigenvalue weighted by atomic mass is 19.2. The minimum atomic E-state index is -0.901. The fraction of sp³-hybridized carbons (Fsp3) is 0.417. The molecule has 92 valence electrons. The molecule has 0 saturated carbocycles. The number of benzene rings is 1. The second kappa shape index (κ2) is 4.41. The molecule has 0 aliphatic carbocycles. The molecule has 0 aliphatic rings. The van der Waals surface area contributed by atoms with Crippen LogP contribution in [0.4, 0.5) is 8.78 Å². The van der Waals surface area contributed by atoms with Gasteiger partial charge in [0.1, 0.15) is 5.82 Å². The van der Waals surface area contributed by atoms with E-state index in [1.807, 2.05) is 13.8 Å². The SMILES string of the molecule is CC(C)c1nc2cc(F)c(F)cc2n1CCO. The van der Waals surface area contributed by atoms with Gasteiger partial charge in [-0.2, -0.15) is 0 Å². The molecule has 3 nitrogen and oxygen atoms in total. The highest BCUT2D eigenvalue weighted by molar-refractivity contribution is 5.76. The summed E-state index contributed by atoms with van der Waals surface area (Å²) in [6.07, 6.45) is 0. The average molecular weight is 240 g/mol. The standard InChI is InChI=1S/C12H14F2N2O/c1-7(2)12-15-10-5-8(13)9(14)6-11(10)16(12)3-4-17/h5-7,17H,3-4H2,1-2H3. The first-order chi connectivity index (χ1) is 8.04. The van der Waals surface area contributed by atoms with Crippen molar-refractivity contribution in [2.75, 3.05) is 6.61 Å². The number of aromatic nitrogens is 2. The van der Waals surface area contributed by atoms with Gasteiger partial charge in [0.05, 0.1) is 17.6 Å². The zero-order valence-corrected chi connectivity index (χ0v) is 9.74. The lowest BCUT2D eigenvalue weighted by Gasteiger charge is -2.09. The van der Waals surface area contributed by atoms with E-state index in [0.717, 1.165) is 18.0 Å². The summed E-state index contributed by atoms with van der Waals surface area (Å²) in [5.74, 6) is -0.951. The van der Waals surface area contributed by atoms with Crippen LogP contribution in [0.15, 0.2) is 12.1 Å². The topological polar surface area (TPSA) is 38.0 Å². The van der Waals surface area contributed by atoms with Crippen LogP contribution in [-0.4, -0.2) is 21.3 Å². The summed E-state index contributed by atoms with van der Waals surface area (Å²) in [5.41, 5.74) is 0.933. The average Bonchev–Trinajstić information content (AvgIpc) is 2.59. The lowest BCUT2D eigenvalue weighted by atomic mass is 10.2. The molecule has 5 heteroatoms. The molecule has 0 radical (unpaired) electrons. The van der Waals surface area contributed by atoms with Crippen LogP contribution in [0.1, 0.15) is 25.6 Å². The summed E-state index contributed by atoms with van der Waals surface area (Å²) < 4.78 is 28.0. The van der Waals surface area contributed by atoms with Gasteiger partial charge < -0.3 is 9.67 Å². The van der Waals surface area contributed by atoms with E-state index in [-0.39, 0.29) is 12.5 Å². The molecular formula is C12H14F2N2O. The van der Waals surface area contributed by atoms with Gasteiger partial charge >= 0.3 is 0 Å². The van der Waals surface area contributed by atoms with Gasteiger partial charge in [-0.3, -0.25) is 0 Å². The molecule has 0 unspecified atom stereocenters. The molecule has 0 saturated heterocycles. The van der Waals surface area contributed by atoms with E-state index in [1.165, 1.54) is 0 Å². The number of halogens is 2. The van der Waals surface area contributed by atoms with E-state index in [2.05, 4.69) is 4.98 Å². The fourth-order valence-electron chi connectivity index (χ4n) is 1.91. The van der Waals surface area contributed by atoms with Gasteiger partial charge in [0, 0.05) is 24.6 Å². The van der Waals surface area contributed by atoms with Gasteiger partial charge in [-0.25, -0.2) is 13.8 Å². The molecule has 1 aromatic carbocycles. The van der Waals surface area contributed by atoms with Crippen LogP contribution >= 0.6 is 0 Å². The molecule has 0 spiro atoms. The highest BCUT2D eigenvalue weighted by Gasteiger charge is 2.15. The molecule has 0 amide bonds. The molecule has 1 aromatic heterocycles. The third-order valence-corrected chi connectivity index (χ3v) is 2.66. The lowest BCUT2D eigenvalue weighted by molar-refractivity contribution is 0.275. The fourth-order valence-corrected chi connectivity index (χ4v) is 1.91. The molecular weight excluding hydrogens is 226 g/mol. The van der Waals surface area contributed by atoms with Crippen molar-refractivity contribution in [3.05, 3.63) is 29.6 Å². The van der Waals surface area contributed by atoms with E-state index in [4.69, 9.17) is 5.11 Å². The Kier molecular flexibility index (Phi) is 3.11. The van der Waals surface area contributed by atoms with Crippen LogP contribution in [0, 0.1) is 11.6 Å². The summed E-state index contributed by atoms with van der Waals surface area (Å²) in [6.45, 7) is 4.16. The zero-order chi connectivity index (χ0) is 12.6. The first-order valence-electron chi connectivity index (χ1n) is 5.50. The van der Waals surface area contributed by atoms with Crippen LogP contribution in [0.2, 0.25) is 0 Å². The van der Waals surface area contributed by atoms with Crippen molar-refractivity contribution in [1.29, 1.82) is 0 Å². The van der Waals surface area contributed by atoms with Crippen molar-refractivity contribution >= 4 is 11.0 Å². The van der Waals surface area contributed by atoms with E-state index in [1.54, 1.807) is 4.57 Å². The number of imidazole rings is 1. The van der Waals surface area contributed by atoms with Crippen molar-refractivity contribution in [3.63, 3.8) is 0 Å². The van der Waals surface area contributed by atoms with Gasteiger partial charge in [-0.1, -0.05) is 13.8 Å². The Labute approximate surface area is 97.7 Å². The van der Waals surface area contributed by atoms with Gasteiger partial charge in [-0.05, 0) is 0 Å². The normalized spacial score (nSPS) is 11.6. The van der Waals surface area contributed by atoms with E-state index < -0.39 is 11.6 Å². The summed E-state index contributed by atoms with van der Waals surface area (Å²) >= 11 is 0. The third kappa shape index (κ3) is 2.02. The molecule has 2 aromatic rings. The monoisotopic (exact) mass is 240 g/mol. The largest absolute Gasteiger partial charge is 0.395 e. The van der Waals surface area contributed by atoms with Crippen molar-refractivity contribution in [2.45, 2.75) is 26.3 Å². The Morgan fingerprint density at radius 3 is 2.53 bits per heavy atom. The molecule has 0 fully saturated rings. The maximum atomic E-state index is 13.2. The summed E-state index contributed by atoms with van der Waals surface area (Å²) in [7, 11) is 0. The molecule has 2 rings (SSSR count). The molecule has 0 aliphatic heterocycles. The molecule has 1 N–H and O–H groups in total. The third-order valence-electron chi connectivity index (χ3n) is 2.66. The summed E-state index contributed by atoms with van der Waals surface area (Å²) in [4.78, 5) is 4.28. The maximum absolute atomic E-state index is 13.2. The van der Waals surface area contributed by atoms with E-state index >= 15 is 0 Å². The van der Waals surface area contributed by atoms with Crippen LogP contribution in [-0.2, 0) is 6.54 Å². The molecule has 0 atom stereocenters. The minimum Gasteiger partial charge on any atom is -0.395 e. The Morgan fingerprint density at radius 2 is 1.94 bits per heavy atom. The zero-order valence-electron chi connectivity index (χ0n) is 9.74. The van der Waals surface area contributed by atoms with Crippen LogP contribution in [0.25, 0.3) is 11.0 Å². The number of fused-ring (bicyclic) bond motifs is 1. The predicted octanol–water partition coefficient (Wildman–Crippen LogP) is 2.43. The van der Waals surface area contributed by atoms with E-state index in [0.29, 0.717) is 17.6 Å². The van der Waals surface area contributed by atoms with E-state index in [9.17, 15) is 8.78 Å². The number of hydrogen-bond acceptors (Lipinski definition) is 2. The summed E-state index contributed by atoms with van der Waals surface area (Å²) in [5, 5.41) is 9.01. The maximum Gasteiger partial charge on any atom is 0.161 e. The van der Waals surface area contributed by atoms with Gasteiger partial charge in [0.15, 0.2) is 11.6 Å². The van der Waals surface area contributed by atoms with Crippen molar-refractivity contribution in [3.8, 4) is 0 Å². The van der Waals surface area contributed by atoms with Crippen molar-refractivity contribution < 1.29 is 13.9 Å². The Bertz CT molecular complexity index is 549. The molecule has 1 heterocycles. The molecule has 17 heavy (non-hydrogen) atoms. The number of aliphatic hydroxyl groups is 1. The molecule has 0 bridgehead atoms. The number of nitrogens with zero attached hydrogens (tertiary/aromatic N) is 2. The Hall–Kier alpha value is -1.49. The van der Waals surface area contributed by atoms with Gasteiger partial charge in [-0.15, -0.1) is 0 Å². The number of hydrogen-bond donors (Lipinski definition) is 1. The number of aliphatic hydroxyl groups excluding tert-OH is 1. The smallest absolute Gasteiger partial charge is 0.161 e.